The first-order chi connectivity index (χ1) is 16.9. The second kappa shape index (κ2) is 11.5. The number of anilines is 2. The molecule has 1 fully saturated rings. The Bertz CT molecular complexity index is 1110. The summed E-state index contributed by atoms with van der Waals surface area (Å²) in [7, 11) is 1.54. The number of halogens is 1. The molecule has 3 heterocycles. The number of carbonyl (C=O) groups excluding carboxylic acids is 2. The van der Waals surface area contributed by atoms with Crippen molar-refractivity contribution in [3.63, 3.8) is 0 Å². The number of methoxy groups -OCH3 is 1. The molecule has 2 aromatic heterocycles. The molecule has 1 aliphatic rings. The van der Waals surface area contributed by atoms with Crippen molar-refractivity contribution in [3.8, 4) is 0 Å². The standard InChI is InChI=1S/C21H29BrN6O7S/c1-9-13(24-16(29)15-17(26-19(30)31)36-18(22)25-15)14(28-27-9)11-7-6-10(12(33-5)8-34-11)23-20(32)35-21(2,3)4/h10-12,26H,6-8H2,1-5H3,(H,23,32)(H,24,29)(H,27,28)(H,30,31)/t10-,11+,12+/m1/s1. The molecular formula is C21H29BrN6O7S. The maximum absolute atomic E-state index is 13.0. The number of amides is 3. The second-order valence-corrected chi connectivity index (χ2v) is 11.3. The van der Waals surface area contributed by atoms with Crippen LogP contribution in [-0.2, 0) is 14.2 Å². The topological polar surface area (TPSA) is 177 Å². The summed E-state index contributed by atoms with van der Waals surface area (Å²) in [5, 5.41) is 24.1. The molecule has 0 aliphatic carbocycles. The summed E-state index contributed by atoms with van der Waals surface area (Å²) in [6, 6.07) is -0.353. The van der Waals surface area contributed by atoms with Gasteiger partial charge in [0.05, 0.1) is 29.7 Å². The van der Waals surface area contributed by atoms with E-state index < -0.39 is 35.9 Å². The van der Waals surface area contributed by atoms with Crippen LogP contribution in [0.25, 0.3) is 0 Å². The van der Waals surface area contributed by atoms with Crippen molar-refractivity contribution in [1.82, 2.24) is 20.5 Å². The number of thiazole rings is 1. The van der Waals surface area contributed by atoms with E-state index in [0.29, 0.717) is 33.8 Å². The van der Waals surface area contributed by atoms with Gasteiger partial charge in [0.15, 0.2) is 9.61 Å². The number of aromatic amines is 1. The van der Waals surface area contributed by atoms with Crippen LogP contribution >= 0.6 is 27.3 Å². The molecule has 0 spiro atoms. The quantitative estimate of drug-likeness (QED) is 0.333. The zero-order valence-corrected chi connectivity index (χ0v) is 22.8. The van der Waals surface area contributed by atoms with Crippen molar-refractivity contribution in [1.29, 1.82) is 0 Å². The van der Waals surface area contributed by atoms with Crippen LogP contribution in [-0.4, -0.2) is 69.8 Å². The van der Waals surface area contributed by atoms with E-state index in [9.17, 15) is 14.4 Å². The van der Waals surface area contributed by atoms with Crippen LogP contribution in [0.4, 0.5) is 20.3 Å². The lowest BCUT2D eigenvalue weighted by atomic mass is 10.0. The molecule has 1 aliphatic heterocycles. The third kappa shape index (κ3) is 7.15. The molecule has 2 aromatic rings. The molecule has 3 amide bonds. The fraction of sp³-hybridized carbons (Fsp3) is 0.571. The van der Waals surface area contributed by atoms with E-state index in [1.165, 1.54) is 0 Å². The average molecular weight is 589 g/mol. The number of hydrogen-bond donors (Lipinski definition) is 5. The number of nitrogens with one attached hydrogen (secondary N) is 4. The molecule has 1 saturated heterocycles. The molecule has 3 atom stereocenters. The van der Waals surface area contributed by atoms with Gasteiger partial charge < -0.3 is 30.0 Å². The number of carbonyl (C=O) groups is 3. The van der Waals surface area contributed by atoms with Crippen molar-refractivity contribution in [2.24, 2.45) is 0 Å². The van der Waals surface area contributed by atoms with Crippen molar-refractivity contribution in [2.45, 2.75) is 64.4 Å². The molecule has 15 heteroatoms. The number of aryl methyl sites for hydroxylation is 1. The predicted molar refractivity (Wildman–Crippen MR) is 135 cm³/mol. The highest BCUT2D eigenvalue weighted by atomic mass is 79.9. The lowest BCUT2D eigenvalue weighted by Crippen LogP contribution is -2.46. The van der Waals surface area contributed by atoms with Gasteiger partial charge in [-0.1, -0.05) is 11.3 Å². The van der Waals surface area contributed by atoms with Crippen LogP contribution in [0.2, 0.25) is 0 Å². The van der Waals surface area contributed by atoms with E-state index in [4.69, 9.17) is 19.3 Å². The van der Waals surface area contributed by atoms with Gasteiger partial charge in [0, 0.05) is 7.11 Å². The lowest BCUT2D eigenvalue weighted by Gasteiger charge is -2.26. The number of ether oxygens (including phenoxy) is 3. The van der Waals surface area contributed by atoms with Crippen LogP contribution < -0.4 is 16.0 Å². The predicted octanol–water partition coefficient (Wildman–Crippen LogP) is 4.04. The minimum atomic E-state index is -1.31. The van der Waals surface area contributed by atoms with Crippen molar-refractivity contribution < 1.29 is 33.7 Å². The van der Waals surface area contributed by atoms with Crippen LogP contribution in [0.1, 0.15) is 61.6 Å². The molecule has 13 nitrogen and oxygen atoms in total. The lowest BCUT2D eigenvalue weighted by molar-refractivity contribution is -0.0255. The van der Waals surface area contributed by atoms with E-state index in [1.54, 1.807) is 34.8 Å². The number of hydrogen-bond acceptors (Lipinski definition) is 9. The van der Waals surface area contributed by atoms with Gasteiger partial charge >= 0.3 is 12.2 Å². The van der Waals surface area contributed by atoms with E-state index in [-0.39, 0.29) is 23.3 Å². The number of nitrogens with zero attached hydrogens (tertiary/aromatic N) is 2. The Morgan fingerprint density at radius 1 is 1.25 bits per heavy atom. The van der Waals surface area contributed by atoms with Gasteiger partial charge in [-0.2, -0.15) is 5.10 Å². The number of rotatable bonds is 6. The van der Waals surface area contributed by atoms with Gasteiger partial charge in [-0.05, 0) is 56.5 Å². The van der Waals surface area contributed by atoms with Crippen molar-refractivity contribution in [2.75, 3.05) is 24.4 Å². The highest BCUT2D eigenvalue weighted by Gasteiger charge is 2.33. The summed E-state index contributed by atoms with van der Waals surface area (Å²) >= 11 is 4.16. The van der Waals surface area contributed by atoms with Gasteiger partial charge in [0.25, 0.3) is 5.91 Å². The van der Waals surface area contributed by atoms with E-state index in [2.05, 4.69) is 47.1 Å². The molecule has 198 valence electrons. The Labute approximate surface area is 219 Å². The number of carboxylic acid groups (broad SMARTS) is 1. The minimum Gasteiger partial charge on any atom is -0.465 e. The first-order valence-electron chi connectivity index (χ1n) is 11.0. The Kier molecular flexibility index (Phi) is 8.92. The largest absolute Gasteiger partial charge is 0.465 e. The molecule has 0 aromatic carbocycles. The van der Waals surface area contributed by atoms with Gasteiger partial charge in [0.1, 0.15) is 22.8 Å². The van der Waals surface area contributed by atoms with Crippen molar-refractivity contribution >= 4 is 56.0 Å². The van der Waals surface area contributed by atoms with E-state index in [0.717, 1.165) is 11.3 Å². The fourth-order valence-corrected chi connectivity index (χ4v) is 5.00. The summed E-state index contributed by atoms with van der Waals surface area (Å²) < 4.78 is 17.3. The van der Waals surface area contributed by atoms with Crippen LogP contribution in [0.3, 0.4) is 0 Å². The molecular weight excluding hydrogens is 560 g/mol. The summed E-state index contributed by atoms with van der Waals surface area (Å²) in [5.41, 5.74) is 0.742. The van der Waals surface area contributed by atoms with Gasteiger partial charge in [0.2, 0.25) is 0 Å². The minimum absolute atomic E-state index is 0.0799. The summed E-state index contributed by atoms with van der Waals surface area (Å²) in [6.45, 7) is 7.25. The van der Waals surface area contributed by atoms with Gasteiger partial charge in [-0.25, -0.2) is 14.6 Å². The molecule has 5 N–H and O–H groups in total. The van der Waals surface area contributed by atoms with Gasteiger partial charge in [-0.15, -0.1) is 0 Å². The normalized spacial score (nSPS) is 20.3. The SMILES string of the molecule is CO[C@H]1CO[C@H](c2[nH]nc(C)c2NC(=O)c2nc(Br)sc2NC(=O)O)CC[C@H]1NC(=O)OC(C)(C)C. The maximum atomic E-state index is 13.0. The Hall–Kier alpha value is -2.75. The summed E-state index contributed by atoms with van der Waals surface area (Å²) in [6.07, 6.45) is -1.75. The Morgan fingerprint density at radius 2 is 1.97 bits per heavy atom. The number of aromatic nitrogens is 3. The highest BCUT2D eigenvalue weighted by Crippen LogP contribution is 2.34. The van der Waals surface area contributed by atoms with E-state index >= 15 is 0 Å². The monoisotopic (exact) mass is 588 g/mol. The second-order valence-electron chi connectivity index (χ2n) is 9.05. The fourth-order valence-electron chi connectivity index (χ4n) is 3.66. The Morgan fingerprint density at radius 3 is 2.61 bits per heavy atom. The third-order valence-electron chi connectivity index (χ3n) is 5.23. The molecule has 36 heavy (non-hydrogen) atoms. The van der Waals surface area contributed by atoms with Crippen molar-refractivity contribution in [3.05, 3.63) is 21.0 Å². The van der Waals surface area contributed by atoms with Crippen LogP contribution in [0.15, 0.2) is 3.92 Å². The zero-order valence-electron chi connectivity index (χ0n) is 20.4. The molecule has 0 saturated carbocycles. The smallest absolute Gasteiger partial charge is 0.409 e. The third-order valence-corrected chi connectivity index (χ3v) is 6.65. The number of alkyl carbamates (subject to hydrolysis) is 1. The maximum Gasteiger partial charge on any atom is 0.409 e. The highest BCUT2D eigenvalue weighted by molar-refractivity contribution is 9.11. The summed E-state index contributed by atoms with van der Waals surface area (Å²) in [5.74, 6) is -0.612. The van der Waals surface area contributed by atoms with E-state index in [1.807, 2.05) is 0 Å². The molecule has 0 radical (unpaired) electrons. The zero-order chi connectivity index (χ0) is 26.6. The molecule has 0 unspecified atom stereocenters. The summed E-state index contributed by atoms with van der Waals surface area (Å²) in [4.78, 5) is 40.5. The first kappa shape index (κ1) is 27.8. The Balaban J connectivity index is 1.76. The molecule has 3 rings (SSSR count). The molecule has 0 bridgehead atoms. The van der Waals surface area contributed by atoms with Crippen LogP contribution in [0, 0.1) is 6.92 Å². The van der Waals surface area contributed by atoms with Gasteiger partial charge in [-0.3, -0.25) is 15.2 Å². The number of H-pyrrole nitrogens is 1. The average Bonchev–Trinajstić information content (AvgIpc) is 3.22. The van der Waals surface area contributed by atoms with Crippen LogP contribution in [0.5, 0.6) is 0 Å². The first-order valence-corrected chi connectivity index (χ1v) is 12.6.